The second kappa shape index (κ2) is 5.52. The Hall–Kier alpha value is 0.570. The number of hydrogen-bond donors (Lipinski definition) is 0. The maximum Gasteiger partial charge on any atom is 0.262 e. The zero-order valence-electron chi connectivity index (χ0n) is 8.57. The summed E-state index contributed by atoms with van der Waals surface area (Å²) >= 11 is 19.0. The Morgan fingerprint density at radius 2 is 1.22 bits per heavy atom. The van der Waals surface area contributed by atoms with E-state index in [1.165, 1.54) is 0 Å². The van der Waals surface area contributed by atoms with Crippen LogP contribution in [0.5, 0.6) is 0 Å². The van der Waals surface area contributed by atoms with Crippen LogP contribution in [0.15, 0.2) is 17.9 Å². The summed E-state index contributed by atoms with van der Waals surface area (Å²) in [6, 6.07) is 0. The number of hydrogen-bond acceptors (Lipinski definition) is 2. The summed E-state index contributed by atoms with van der Waals surface area (Å²) in [4.78, 5) is 25.5. The average molecular weight is 525 g/mol. The van der Waals surface area contributed by atoms with Crippen LogP contribution in [0.1, 0.15) is 20.7 Å². The van der Waals surface area contributed by atoms with Crippen LogP contribution >= 0.6 is 75.3 Å². The minimum atomic E-state index is -0.337. The molecule has 8 heteroatoms. The van der Waals surface area contributed by atoms with E-state index >= 15 is 0 Å². The Kier molecular flexibility index (Phi) is 4.59. The monoisotopic (exact) mass is 521 g/mol. The molecule has 0 unspecified atom stereocenters. The lowest BCUT2D eigenvalue weighted by Crippen LogP contribution is -2.31. The number of benzene rings is 1. The van der Waals surface area contributed by atoms with Crippen LogP contribution in [0.2, 0.25) is 0 Å². The van der Waals surface area contributed by atoms with Crippen molar-refractivity contribution in [2.45, 2.75) is 0 Å². The highest BCUT2D eigenvalue weighted by molar-refractivity contribution is 9.15. The van der Waals surface area contributed by atoms with Crippen molar-refractivity contribution in [3.05, 3.63) is 29.0 Å². The Balaban J connectivity index is 2.72. The van der Waals surface area contributed by atoms with Crippen LogP contribution in [0, 0.1) is 0 Å². The number of carbonyl (C=O) groups is 2. The van der Waals surface area contributed by atoms with E-state index in [2.05, 4.69) is 63.7 Å². The highest BCUT2D eigenvalue weighted by atomic mass is 79.9. The van der Waals surface area contributed by atoms with Crippen molar-refractivity contribution in [2.75, 3.05) is 12.4 Å². The molecule has 96 valence electrons. The zero-order chi connectivity index (χ0) is 13.6. The predicted octanol–water partition coefficient (Wildman–Crippen LogP) is 4.57. The summed E-state index contributed by atoms with van der Waals surface area (Å²) in [6.45, 7) is 0.196. The number of amides is 2. The Bertz CT molecular complexity index is 529. The summed E-state index contributed by atoms with van der Waals surface area (Å²) in [5.74, 6) is -0.462. The minimum absolute atomic E-state index is 0.196. The van der Waals surface area contributed by atoms with Gasteiger partial charge in [0.2, 0.25) is 0 Å². The lowest BCUT2D eigenvalue weighted by atomic mass is 10.1. The van der Waals surface area contributed by atoms with E-state index in [9.17, 15) is 9.59 Å². The van der Waals surface area contributed by atoms with Crippen molar-refractivity contribution < 1.29 is 9.59 Å². The molecule has 0 saturated carbocycles. The molecule has 0 N–H and O–H groups in total. The van der Waals surface area contributed by atoms with Gasteiger partial charge in [-0.05, 0) is 63.7 Å². The van der Waals surface area contributed by atoms with Crippen molar-refractivity contribution in [3.8, 4) is 0 Å². The van der Waals surface area contributed by atoms with E-state index in [1.807, 2.05) is 0 Å². The Morgan fingerprint density at radius 1 is 0.833 bits per heavy atom. The van der Waals surface area contributed by atoms with Gasteiger partial charge in [0.1, 0.15) is 0 Å². The van der Waals surface area contributed by atoms with Crippen molar-refractivity contribution >= 4 is 87.1 Å². The van der Waals surface area contributed by atoms with E-state index in [-0.39, 0.29) is 24.2 Å². The fourth-order valence-electron chi connectivity index (χ4n) is 1.68. The fraction of sp³-hybridized carbons (Fsp3) is 0.200. The molecule has 0 saturated heterocycles. The van der Waals surface area contributed by atoms with E-state index < -0.39 is 0 Å². The van der Waals surface area contributed by atoms with Crippen molar-refractivity contribution in [1.82, 2.24) is 4.90 Å². The van der Waals surface area contributed by atoms with Crippen molar-refractivity contribution in [1.29, 1.82) is 0 Å². The molecule has 1 aliphatic rings. The molecule has 0 spiro atoms. The van der Waals surface area contributed by atoms with Gasteiger partial charge in [0, 0.05) is 30.3 Å². The summed E-state index contributed by atoms with van der Waals surface area (Å²) < 4.78 is 2.48. The molecule has 3 nitrogen and oxygen atoms in total. The van der Waals surface area contributed by atoms with E-state index in [1.54, 1.807) is 0 Å². The minimum Gasteiger partial charge on any atom is -0.273 e. The molecule has 0 bridgehead atoms. The van der Waals surface area contributed by atoms with E-state index in [4.69, 9.17) is 11.6 Å². The van der Waals surface area contributed by atoms with Crippen molar-refractivity contribution in [3.63, 3.8) is 0 Å². The highest BCUT2D eigenvalue weighted by Crippen LogP contribution is 2.45. The standard InChI is InChI=1S/C10H4Br4ClNO2/c11-5-3-4(6(12)8(14)7(5)13)10(18)16(2-1-15)9(3)17/h1-2H2. The first-order valence-electron chi connectivity index (χ1n) is 4.69. The quantitative estimate of drug-likeness (QED) is 0.246. The molecule has 0 fully saturated rings. The van der Waals surface area contributed by atoms with Crippen LogP contribution < -0.4 is 0 Å². The fourth-order valence-corrected chi connectivity index (χ4v) is 4.31. The first-order valence-corrected chi connectivity index (χ1v) is 8.40. The number of carbonyl (C=O) groups excluding carboxylic acids is 2. The number of nitrogens with zero attached hydrogens (tertiary/aromatic N) is 1. The van der Waals surface area contributed by atoms with Gasteiger partial charge in [-0.15, -0.1) is 11.6 Å². The lowest BCUT2D eigenvalue weighted by Gasteiger charge is -2.10. The molecule has 18 heavy (non-hydrogen) atoms. The topological polar surface area (TPSA) is 37.4 Å². The molecule has 1 heterocycles. The van der Waals surface area contributed by atoms with Crippen LogP contribution in [0.25, 0.3) is 0 Å². The van der Waals surface area contributed by atoms with Crippen molar-refractivity contribution in [2.24, 2.45) is 0 Å². The Morgan fingerprint density at radius 3 is 1.56 bits per heavy atom. The molecule has 0 radical (unpaired) electrons. The second-order valence-electron chi connectivity index (χ2n) is 3.46. The van der Waals surface area contributed by atoms with Crippen LogP contribution in [0.4, 0.5) is 0 Å². The van der Waals surface area contributed by atoms with Gasteiger partial charge in [-0.25, -0.2) is 0 Å². The summed E-state index contributed by atoms with van der Waals surface area (Å²) in [5.41, 5.74) is 0.708. The van der Waals surface area contributed by atoms with E-state index in [0.717, 1.165) is 4.90 Å². The predicted molar refractivity (Wildman–Crippen MR) is 83.3 cm³/mol. The first kappa shape index (κ1) is 15.0. The molecule has 0 aliphatic carbocycles. The second-order valence-corrected chi connectivity index (χ2v) is 7.01. The number of imide groups is 1. The summed E-state index contributed by atoms with van der Waals surface area (Å²) in [6.07, 6.45) is 0. The van der Waals surface area contributed by atoms with Crippen LogP contribution in [-0.2, 0) is 0 Å². The number of rotatable bonds is 2. The maximum absolute atomic E-state index is 12.2. The van der Waals surface area contributed by atoms with Gasteiger partial charge in [-0.1, -0.05) is 0 Å². The molecule has 0 atom stereocenters. The third-order valence-electron chi connectivity index (χ3n) is 2.49. The third-order valence-corrected chi connectivity index (χ3v) is 7.43. The summed E-state index contributed by atoms with van der Waals surface area (Å²) in [7, 11) is 0. The SMILES string of the molecule is O=C1c2c(Br)c(Br)c(Br)c(Br)c2C(=O)N1CCCl. The smallest absolute Gasteiger partial charge is 0.262 e. The van der Waals surface area contributed by atoms with Gasteiger partial charge in [0.15, 0.2) is 0 Å². The molecule has 1 aromatic carbocycles. The van der Waals surface area contributed by atoms with Gasteiger partial charge in [0.25, 0.3) is 11.8 Å². The molecular weight excluding hydrogens is 521 g/mol. The summed E-state index contributed by atoms with van der Waals surface area (Å²) in [5, 5.41) is 0. The van der Waals surface area contributed by atoms with Gasteiger partial charge in [-0.2, -0.15) is 0 Å². The van der Waals surface area contributed by atoms with Gasteiger partial charge in [-0.3, -0.25) is 14.5 Å². The molecule has 1 aromatic rings. The van der Waals surface area contributed by atoms with Gasteiger partial charge in [0.05, 0.1) is 11.1 Å². The first-order chi connectivity index (χ1) is 8.41. The van der Waals surface area contributed by atoms with E-state index in [0.29, 0.717) is 29.0 Å². The number of alkyl halides is 1. The average Bonchev–Trinajstić information content (AvgIpc) is 2.59. The molecule has 2 amide bonds. The largest absolute Gasteiger partial charge is 0.273 e. The van der Waals surface area contributed by atoms with Crippen LogP contribution in [0.3, 0.4) is 0 Å². The molecular formula is C10H4Br4ClNO2. The third kappa shape index (κ3) is 2.12. The maximum atomic E-state index is 12.2. The number of fused-ring (bicyclic) bond motifs is 1. The highest BCUT2D eigenvalue weighted by Gasteiger charge is 2.40. The lowest BCUT2D eigenvalue weighted by molar-refractivity contribution is 0.0663. The van der Waals surface area contributed by atoms with Gasteiger partial charge >= 0.3 is 0 Å². The molecule has 2 rings (SSSR count). The van der Waals surface area contributed by atoms with Gasteiger partial charge < -0.3 is 0 Å². The zero-order valence-corrected chi connectivity index (χ0v) is 15.7. The number of halogens is 5. The Labute approximate surface area is 142 Å². The normalized spacial score (nSPS) is 14.4. The molecule has 1 aliphatic heterocycles. The molecule has 0 aromatic heterocycles. The van der Waals surface area contributed by atoms with Crippen LogP contribution in [-0.4, -0.2) is 29.1 Å².